The Bertz CT molecular complexity index is 426. The number of nitrogens with one attached hydrogen (secondary N) is 1. The number of fused-ring (bicyclic) bond motifs is 1. The lowest BCUT2D eigenvalue weighted by atomic mass is 9.85. The van der Waals surface area contributed by atoms with Crippen LogP contribution in [0.2, 0.25) is 0 Å². The van der Waals surface area contributed by atoms with Gasteiger partial charge in [0.2, 0.25) is 0 Å². The highest BCUT2D eigenvalue weighted by Crippen LogP contribution is 2.32. The number of carboxylic acid groups (broad SMARTS) is 1. The zero-order valence-corrected chi connectivity index (χ0v) is 9.18. The van der Waals surface area contributed by atoms with E-state index in [9.17, 15) is 4.79 Å². The molecule has 0 saturated heterocycles. The Hall–Kier alpha value is -1.61. The van der Waals surface area contributed by atoms with Gasteiger partial charge in [0, 0.05) is 0 Å². The van der Waals surface area contributed by atoms with Gasteiger partial charge in [-0.3, -0.25) is 4.79 Å². The molecule has 0 bridgehead atoms. The summed E-state index contributed by atoms with van der Waals surface area (Å²) < 4.78 is 0. The standard InChI is InChI=1S/C13H15NO2/c1-2-14-12-8-7-11(13(15)16)9-5-3-4-6-10(9)12/h3-8,11-12,14H,2H2,1H3,(H,15,16). The number of aliphatic carboxylic acids is 1. The molecular formula is C13H15NO2. The number of hydrogen-bond acceptors (Lipinski definition) is 2. The fourth-order valence-corrected chi connectivity index (χ4v) is 2.12. The lowest BCUT2D eigenvalue weighted by Crippen LogP contribution is -2.25. The second-order valence-corrected chi connectivity index (χ2v) is 3.87. The van der Waals surface area contributed by atoms with Crippen LogP contribution in [0.25, 0.3) is 0 Å². The summed E-state index contributed by atoms with van der Waals surface area (Å²) in [7, 11) is 0. The Morgan fingerprint density at radius 1 is 1.31 bits per heavy atom. The summed E-state index contributed by atoms with van der Waals surface area (Å²) in [5, 5.41) is 12.4. The van der Waals surface area contributed by atoms with Crippen molar-refractivity contribution in [1.82, 2.24) is 5.32 Å². The van der Waals surface area contributed by atoms with Crippen molar-refractivity contribution in [1.29, 1.82) is 0 Å². The van der Waals surface area contributed by atoms with Crippen LogP contribution in [-0.2, 0) is 4.79 Å². The van der Waals surface area contributed by atoms with E-state index in [1.165, 1.54) is 0 Å². The predicted molar refractivity (Wildman–Crippen MR) is 62.4 cm³/mol. The van der Waals surface area contributed by atoms with E-state index in [0.29, 0.717) is 0 Å². The van der Waals surface area contributed by atoms with Crippen LogP contribution in [0, 0.1) is 0 Å². The molecule has 0 saturated carbocycles. The fourth-order valence-electron chi connectivity index (χ4n) is 2.12. The second kappa shape index (κ2) is 4.49. The first-order valence-corrected chi connectivity index (χ1v) is 5.47. The van der Waals surface area contributed by atoms with Gasteiger partial charge in [-0.25, -0.2) is 0 Å². The summed E-state index contributed by atoms with van der Waals surface area (Å²) in [6.07, 6.45) is 3.70. The maximum Gasteiger partial charge on any atom is 0.314 e. The molecule has 0 aromatic heterocycles. The third kappa shape index (κ3) is 1.86. The van der Waals surface area contributed by atoms with Crippen LogP contribution >= 0.6 is 0 Å². The molecule has 1 aliphatic rings. The van der Waals surface area contributed by atoms with Gasteiger partial charge < -0.3 is 10.4 Å². The second-order valence-electron chi connectivity index (χ2n) is 3.87. The van der Waals surface area contributed by atoms with E-state index < -0.39 is 11.9 Å². The van der Waals surface area contributed by atoms with Crippen LogP contribution in [0.4, 0.5) is 0 Å². The minimum absolute atomic E-state index is 0.136. The first-order valence-electron chi connectivity index (χ1n) is 5.47. The Morgan fingerprint density at radius 2 is 2.00 bits per heavy atom. The van der Waals surface area contributed by atoms with E-state index in [-0.39, 0.29) is 6.04 Å². The third-order valence-corrected chi connectivity index (χ3v) is 2.85. The number of hydrogen-bond donors (Lipinski definition) is 2. The Kier molecular flexibility index (Phi) is 3.06. The molecule has 3 nitrogen and oxygen atoms in total. The first-order chi connectivity index (χ1) is 7.74. The highest BCUT2D eigenvalue weighted by atomic mass is 16.4. The summed E-state index contributed by atoms with van der Waals surface area (Å²) >= 11 is 0. The van der Waals surface area contributed by atoms with Gasteiger partial charge >= 0.3 is 5.97 Å². The van der Waals surface area contributed by atoms with Gasteiger partial charge in [-0.15, -0.1) is 0 Å². The van der Waals surface area contributed by atoms with E-state index in [2.05, 4.69) is 5.32 Å². The van der Waals surface area contributed by atoms with Crippen LogP contribution < -0.4 is 5.32 Å². The minimum atomic E-state index is -0.793. The average Bonchev–Trinajstić information content (AvgIpc) is 2.29. The van der Waals surface area contributed by atoms with Crippen molar-refractivity contribution in [3.05, 3.63) is 47.5 Å². The van der Waals surface area contributed by atoms with E-state index in [0.717, 1.165) is 17.7 Å². The summed E-state index contributed by atoms with van der Waals surface area (Å²) in [6.45, 7) is 2.90. The van der Waals surface area contributed by atoms with Crippen molar-refractivity contribution < 1.29 is 9.90 Å². The van der Waals surface area contributed by atoms with Crippen LogP contribution in [0.15, 0.2) is 36.4 Å². The van der Waals surface area contributed by atoms with Crippen LogP contribution in [0.5, 0.6) is 0 Å². The van der Waals surface area contributed by atoms with Crippen LogP contribution in [-0.4, -0.2) is 17.6 Å². The Balaban J connectivity index is 2.41. The summed E-state index contributed by atoms with van der Waals surface area (Å²) in [6, 6.07) is 7.85. The number of carboxylic acids is 1. The number of benzene rings is 1. The molecule has 3 heteroatoms. The van der Waals surface area contributed by atoms with E-state index >= 15 is 0 Å². The number of carbonyl (C=O) groups is 1. The largest absolute Gasteiger partial charge is 0.481 e. The highest BCUT2D eigenvalue weighted by molar-refractivity contribution is 5.80. The third-order valence-electron chi connectivity index (χ3n) is 2.85. The van der Waals surface area contributed by atoms with Crippen LogP contribution in [0.1, 0.15) is 30.0 Å². The van der Waals surface area contributed by atoms with Crippen molar-refractivity contribution in [3.63, 3.8) is 0 Å². The SMILES string of the molecule is CCNC1C=CC(C(=O)O)c2ccccc21. The first kappa shape index (κ1) is 10.9. The van der Waals surface area contributed by atoms with E-state index in [1.54, 1.807) is 6.08 Å². The number of rotatable bonds is 3. The average molecular weight is 217 g/mol. The van der Waals surface area contributed by atoms with Crippen molar-refractivity contribution in [2.75, 3.05) is 6.54 Å². The minimum Gasteiger partial charge on any atom is -0.481 e. The molecular weight excluding hydrogens is 202 g/mol. The molecule has 1 aromatic carbocycles. The van der Waals surface area contributed by atoms with Crippen molar-refractivity contribution in [2.45, 2.75) is 18.9 Å². The molecule has 2 unspecified atom stereocenters. The molecule has 2 rings (SSSR count). The molecule has 0 fully saturated rings. The van der Waals surface area contributed by atoms with E-state index in [4.69, 9.17) is 5.11 Å². The van der Waals surface area contributed by atoms with Crippen molar-refractivity contribution in [3.8, 4) is 0 Å². The maximum absolute atomic E-state index is 11.1. The lowest BCUT2D eigenvalue weighted by molar-refractivity contribution is -0.137. The van der Waals surface area contributed by atoms with Gasteiger partial charge in [0.15, 0.2) is 0 Å². The molecule has 0 aliphatic heterocycles. The highest BCUT2D eigenvalue weighted by Gasteiger charge is 2.26. The van der Waals surface area contributed by atoms with Crippen molar-refractivity contribution in [2.24, 2.45) is 0 Å². The fraction of sp³-hybridized carbons (Fsp3) is 0.308. The topological polar surface area (TPSA) is 49.3 Å². The summed E-state index contributed by atoms with van der Waals surface area (Å²) in [5.74, 6) is -1.30. The van der Waals surface area contributed by atoms with Crippen LogP contribution in [0.3, 0.4) is 0 Å². The predicted octanol–water partition coefficient (Wildman–Crippen LogP) is 2.08. The Morgan fingerprint density at radius 3 is 2.62 bits per heavy atom. The quantitative estimate of drug-likeness (QED) is 0.762. The molecule has 84 valence electrons. The molecule has 0 spiro atoms. The van der Waals surface area contributed by atoms with E-state index in [1.807, 2.05) is 37.3 Å². The molecule has 16 heavy (non-hydrogen) atoms. The van der Waals surface area contributed by atoms with Gasteiger partial charge in [-0.1, -0.05) is 43.3 Å². The molecule has 1 aliphatic carbocycles. The van der Waals surface area contributed by atoms with Gasteiger partial charge in [0.25, 0.3) is 0 Å². The molecule has 0 amide bonds. The number of likely N-dealkylation sites (N-methyl/N-ethyl adjacent to an activating group) is 1. The van der Waals surface area contributed by atoms with Gasteiger partial charge in [0.1, 0.15) is 5.92 Å². The Labute approximate surface area is 94.8 Å². The molecule has 0 radical (unpaired) electrons. The normalized spacial score (nSPS) is 22.8. The molecule has 2 atom stereocenters. The monoisotopic (exact) mass is 217 g/mol. The summed E-state index contributed by atoms with van der Waals surface area (Å²) in [4.78, 5) is 11.1. The molecule has 1 aromatic rings. The zero-order chi connectivity index (χ0) is 11.5. The van der Waals surface area contributed by atoms with Gasteiger partial charge in [-0.2, -0.15) is 0 Å². The summed E-state index contributed by atoms with van der Waals surface area (Å²) in [5.41, 5.74) is 1.96. The maximum atomic E-state index is 11.1. The molecule has 0 heterocycles. The lowest BCUT2D eigenvalue weighted by Gasteiger charge is -2.25. The smallest absolute Gasteiger partial charge is 0.314 e. The van der Waals surface area contributed by atoms with Gasteiger partial charge in [0.05, 0.1) is 6.04 Å². The van der Waals surface area contributed by atoms with Gasteiger partial charge in [-0.05, 0) is 17.7 Å². The zero-order valence-electron chi connectivity index (χ0n) is 9.18. The van der Waals surface area contributed by atoms with Crippen molar-refractivity contribution >= 4 is 5.97 Å². The molecule has 2 N–H and O–H groups in total.